The molecule has 0 aliphatic rings. The van der Waals surface area contributed by atoms with Crippen molar-refractivity contribution < 1.29 is 14.3 Å². The second-order valence-electron chi connectivity index (χ2n) is 3.21. The highest BCUT2D eigenvalue weighted by atomic mass is 16.5. The summed E-state index contributed by atoms with van der Waals surface area (Å²) in [5, 5.41) is 2.61. The van der Waals surface area contributed by atoms with Gasteiger partial charge in [0.15, 0.2) is 0 Å². The quantitative estimate of drug-likeness (QED) is 0.624. The number of carbonyl (C=O) groups excluding carboxylic acids is 2. The number of nitrogens with one attached hydrogen (secondary N) is 1. The lowest BCUT2D eigenvalue weighted by atomic mass is 10.1. The second kappa shape index (κ2) is 5.11. The fraction of sp³-hybridized carbons (Fsp3) is 0.167. The van der Waals surface area contributed by atoms with Crippen LogP contribution < -0.4 is 5.32 Å². The molecule has 84 valence electrons. The first kappa shape index (κ1) is 12.0. The molecule has 0 spiro atoms. The van der Waals surface area contributed by atoms with Gasteiger partial charge in [0.2, 0.25) is 5.91 Å². The number of ether oxygens (including phenoxy) is 1. The second-order valence-corrected chi connectivity index (χ2v) is 3.21. The molecule has 0 heterocycles. The first-order valence-corrected chi connectivity index (χ1v) is 4.71. The van der Waals surface area contributed by atoms with Crippen LogP contribution in [0.5, 0.6) is 0 Å². The Morgan fingerprint density at radius 1 is 1.44 bits per heavy atom. The van der Waals surface area contributed by atoms with Crippen molar-refractivity contribution in [1.82, 2.24) is 0 Å². The normalized spacial score (nSPS) is 9.38. The fourth-order valence-electron chi connectivity index (χ4n) is 1.19. The number of anilines is 1. The Balaban J connectivity index is 3.03. The Labute approximate surface area is 93.9 Å². The summed E-state index contributed by atoms with van der Waals surface area (Å²) in [6.07, 6.45) is 1.17. The Hall–Kier alpha value is -2.10. The minimum Gasteiger partial charge on any atom is -0.465 e. The molecule has 4 nitrogen and oxygen atoms in total. The summed E-state index contributed by atoms with van der Waals surface area (Å²) in [5.74, 6) is -0.751. The van der Waals surface area contributed by atoms with E-state index in [0.29, 0.717) is 11.3 Å². The molecule has 0 unspecified atom stereocenters. The van der Waals surface area contributed by atoms with E-state index >= 15 is 0 Å². The van der Waals surface area contributed by atoms with E-state index in [-0.39, 0.29) is 5.91 Å². The Morgan fingerprint density at radius 3 is 2.69 bits per heavy atom. The van der Waals surface area contributed by atoms with Gasteiger partial charge in [-0.1, -0.05) is 12.6 Å². The fourth-order valence-corrected chi connectivity index (χ4v) is 1.19. The number of methoxy groups -OCH3 is 1. The highest BCUT2D eigenvalue weighted by Crippen LogP contribution is 2.17. The van der Waals surface area contributed by atoms with Gasteiger partial charge in [0, 0.05) is 5.69 Å². The topological polar surface area (TPSA) is 55.4 Å². The van der Waals surface area contributed by atoms with Gasteiger partial charge in [-0.2, -0.15) is 0 Å². The summed E-state index contributed by atoms with van der Waals surface area (Å²) >= 11 is 0. The van der Waals surface area contributed by atoms with Crippen molar-refractivity contribution in [2.75, 3.05) is 12.4 Å². The highest BCUT2D eigenvalue weighted by molar-refractivity contribution is 6.00. The minimum absolute atomic E-state index is 0.315. The van der Waals surface area contributed by atoms with Gasteiger partial charge in [-0.05, 0) is 30.7 Å². The number of hydrogen-bond donors (Lipinski definition) is 1. The van der Waals surface area contributed by atoms with Crippen molar-refractivity contribution in [3.8, 4) is 0 Å². The van der Waals surface area contributed by atoms with Gasteiger partial charge in [0.25, 0.3) is 0 Å². The Kier molecular flexibility index (Phi) is 3.83. The molecule has 0 fully saturated rings. The van der Waals surface area contributed by atoms with E-state index < -0.39 is 5.97 Å². The van der Waals surface area contributed by atoms with Gasteiger partial charge in [-0.15, -0.1) is 0 Å². The number of benzene rings is 1. The van der Waals surface area contributed by atoms with Gasteiger partial charge in [0.1, 0.15) is 0 Å². The molecule has 4 heteroatoms. The lowest BCUT2D eigenvalue weighted by Gasteiger charge is -2.08. The van der Waals surface area contributed by atoms with Crippen molar-refractivity contribution >= 4 is 17.6 Å². The Morgan fingerprint density at radius 2 is 2.12 bits per heavy atom. The molecule has 0 saturated carbocycles. The van der Waals surface area contributed by atoms with Crippen LogP contribution >= 0.6 is 0 Å². The van der Waals surface area contributed by atoms with Crippen LogP contribution in [0, 0.1) is 6.92 Å². The molecule has 1 aromatic rings. The van der Waals surface area contributed by atoms with E-state index in [1.165, 1.54) is 13.2 Å². The van der Waals surface area contributed by atoms with Gasteiger partial charge in [-0.3, -0.25) is 4.79 Å². The summed E-state index contributed by atoms with van der Waals surface area (Å²) in [6, 6.07) is 4.96. The molecule has 0 bridgehead atoms. The largest absolute Gasteiger partial charge is 0.465 e. The summed E-state index contributed by atoms with van der Waals surface area (Å²) in [4.78, 5) is 22.4. The maximum atomic E-state index is 11.3. The van der Waals surface area contributed by atoms with Gasteiger partial charge in [-0.25, -0.2) is 4.79 Å². The predicted octanol–water partition coefficient (Wildman–Crippen LogP) is 1.91. The number of esters is 1. The lowest BCUT2D eigenvalue weighted by molar-refractivity contribution is -0.111. The van der Waals surface area contributed by atoms with E-state index in [9.17, 15) is 9.59 Å². The zero-order valence-electron chi connectivity index (χ0n) is 9.24. The van der Waals surface area contributed by atoms with Crippen molar-refractivity contribution in [3.05, 3.63) is 42.0 Å². The standard InChI is InChI=1S/C12H13NO3/c1-4-11(14)13-10-7-9(12(15)16-3)6-5-8(10)2/h4-7H,1H2,2-3H3,(H,13,14). The van der Waals surface area contributed by atoms with Crippen LogP contribution in [0.1, 0.15) is 15.9 Å². The first-order chi connectivity index (χ1) is 7.58. The van der Waals surface area contributed by atoms with E-state index in [2.05, 4.69) is 16.6 Å². The molecular weight excluding hydrogens is 206 g/mol. The molecule has 0 aliphatic heterocycles. The van der Waals surface area contributed by atoms with Crippen molar-refractivity contribution in [3.63, 3.8) is 0 Å². The van der Waals surface area contributed by atoms with Crippen LogP contribution in [0.3, 0.4) is 0 Å². The monoisotopic (exact) mass is 219 g/mol. The third-order valence-electron chi connectivity index (χ3n) is 2.10. The molecule has 1 aromatic carbocycles. The zero-order chi connectivity index (χ0) is 12.1. The molecule has 0 radical (unpaired) electrons. The van der Waals surface area contributed by atoms with Crippen LogP contribution in [0.15, 0.2) is 30.9 Å². The molecule has 0 aliphatic carbocycles. The van der Waals surface area contributed by atoms with Gasteiger partial charge in [0.05, 0.1) is 12.7 Å². The third-order valence-corrected chi connectivity index (χ3v) is 2.10. The van der Waals surface area contributed by atoms with Crippen LogP contribution in [-0.2, 0) is 9.53 Å². The molecule has 0 atom stereocenters. The Bertz CT molecular complexity index is 438. The minimum atomic E-state index is -0.436. The van der Waals surface area contributed by atoms with Gasteiger partial charge < -0.3 is 10.1 Å². The molecule has 0 aromatic heterocycles. The average Bonchev–Trinajstić information content (AvgIpc) is 2.30. The van der Waals surface area contributed by atoms with Crippen LogP contribution in [0.2, 0.25) is 0 Å². The molecule has 1 rings (SSSR count). The molecular formula is C12H13NO3. The number of rotatable bonds is 3. The van der Waals surface area contributed by atoms with E-state index in [0.717, 1.165) is 5.56 Å². The van der Waals surface area contributed by atoms with Crippen LogP contribution in [0.25, 0.3) is 0 Å². The molecule has 1 amide bonds. The molecule has 0 saturated heterocycles. The SMILES string of the molecule is C=CC(=O)Nc1cc(C(=O)OC)ccc1C. The zero-order valence-corrected chi connectivity index (χ0v) is 9.24. The van der Waals surface area contributed by atoms with Crippen LogP contribution in [0.4, 0.5) is 5.69 Å². The van der Waals surface area contributed by atoms with Gasteiger partial charge >= 0.3 is 5.97 Å². The maximum absolute atomic E-state index is 11.3. The van der Waals surface area contributed by atoms with Crippen molar-refractivity contribution in [2.24, 2.45) is 0 Å². The number of amides is 1. The predicted molar refractivity (Wildman–Crippen MR) is 61.3 cm³/mol. The summed E-state index contributed by atoms with van der Waals surface area (Å²) in [7, 11) is 1.31. The van der Waals surface area contributed by atoms with Crippen molar-refractivity contribution in [2.45, 2.75) is 6.92 Å². The lowest BCUT2D eigenvalue weighted by Crippen LogP contribution is -2.10. The summed E-state index contributed by atoms with van der Waals surface area (Å²) < 4.78 is 4.59. The van der Waals surface area contributed by atoms with E-state index in [1.54, 1.807) is 18.2 Å². The van der Waals surface area contributed by atoms with Crippen LogP contribution in [-0.4, -0.2) is 19.0 Å². The first-order valence-electron chi connectivity index (χ1n) is 4.71. The number of aryl methyl sites for hydroxylation is 1. The maximum Gasteiger partial charge on any atom is 0.337 e. The third kappa shape index (κ3) is 2.70. The smallest absolute Gasteiger partial charge is 0.337 e. The van der Waals surface area contributed by atoms with E-state index in [4.69, 9.17) is 0 Å². The number of hydrogen-bond acceptors (Lipinski definition) is 3. The summed E-state index contributed by atoms with van der Waals surface area (Å²) in [5.41, 5.74) is 1.84. The van der Waals surface area contributed by atoms with E-state index in [1.807, 2.05) is 6.92 Å². The summed E-state index contributed by atoms with van der Waals surface area (Å²) in [6.45, 7) is 5.19. The number of carbonyl (C=O) groups is 2. The average molecular weight is 219 g/mol. The highest BCUT2D eigenvalue weighted by Gasteiger charge is 2.08. The molecule has 1 N–H and O–H groups in total. The molecule has 16 heavy (non-hydrogen) atoms. The van der Waals surface area contributed by atoms with Crippen molar-refractivity contribution in [1.29, 1.82) is 0 Å².